The highest BCUT2D eigenvalue weighted by molar-refractivity contribution is 6.74. The van der Waals surface area contributed by atoms with Gasteiger partial charge in [0.1, 0.15) is 0 Å². The molecule has 0 aromatic heterocycles. The van der Waals surface area contributed by atoms with E-state index < -0.39 is 27.6 Å². The van der Waals surface area contributed by atoms with Gasteiger partial charge in [0.05, 0.1) is 29.8 Å². The number of carboxylic acid groups (broad SMARTS) is 1. The molecule has 48 heavy (non-hydrogen) atoms. The Morgan fingerprint density at radius 1 is 1.00 bits per heavy atom. The minimum Gasteiger partial charge on any atom is -0.465 e. The lowest BCUT2D eigenvalue weighted by Crippen LogP contribution is -2.65. The monoisotopic (exact) mass is 695 g/mol. The van der Waals surface area contributed by atoms with Crippen LogP contribution in [0.1, 0.15) is 115 Å². The Hall–Kier alpha value is -1.18. The van der Waals surface area contributed by atoms with Gasteiger partial charge in [-0.25, -0.2) is 4.79 Å². The second-order valence-corrected chi connectivity index (χ2v) is 23.0. The number of amides is 2. The maximum absolute atomic E-state index is 14.2. The molecule has 3 saturated carbocycles. The lowest BCUT2D eigenvalue weighted by atomic mass is 9.43. The van der Waals surface area contributed by atoms with Crippen LogP contribution in [-0.4, -0.2) is 88.0 Å². The van der Waals surface area contributed by atoms with Gasteiger partial charge in [0.25, 0.3) is 0 Å². The number of nitrogens with one attached hydrogen (secondary N) is 4. The quantitative estimate of drug-likeness (QED) is 0.0798. The normalized spacial score (nSPS) is 27.6. The van der Waals surface area contributed by atoms with Gasteiger partial charge in [0, 0.05) is 19.1 Å². The van der Waals surface area contributed by atoms with Gasteiger partial charge in [-0.15, -0.1) is 0 Å². The maximum atomic E-state index is 14.2. The summed E-state index contributed by atoms with van der Waals surface area (Å²) < 4.78 is 20.3. The van der Waals surface area contributed by atoms with E-state index in [2.05, 4.69) is 111 Å². The molecule has 5 N–H and O–H groups in total. The number of rotatable bonds is 19. The smallest absolute Gasteiger partial charge is 0.465 e. The fraction of sp³-hybridized carbons (Fsp3) is 0.944. The number of carbonyl (C=O) groups is 2. The molecule has 0 aromatic rings. The van der Waals surface area contributed by atoms with Crippen molar-refractivity contribution in [3.05, 3.63) is 0 Å². The Morgan fingerprint density at radius 3 is 2.23 bits per heavy atom. The number of hydrogen-bond acceptors (Lipinski definition) is 7. The van der Waals surface area contributed by atoms with Crippen LogP contribution >= 0.6 is 0 Å². The summed E-state index contributed by atoms with van der Waals surface area (Å²) in [7, 11) is -2.50. The topological polar surface area (TPSA) is 130 Å². The van der Waals surface area contributed by atoms with E-state index in [4.69, 9.17) is 18.8 Å². The van der Waals surface area contributed by atoms with Crippen molar-refractivity contribution >= 4 is 27.4 Å². The average Bonchev–Trinajstić information content (AvgIpc) is 3.31. The van der Waals surface area contributed by atoms with Crippen LogP contribution in [0.3, 0.4) is 0 Å². The Balaban J connectivity index is 1.76. The van der Waals surface area contributed by atoms with Gasteiger partial charge >= 0.3 is 13.2 Å². The van der Waals surface area contributed by atoms with E-state index in [-0.39, 0.29) is 46.2 Å². The molecule has 4 rings (SSSR count). The van der Waals surface area contributed by atoms with Crippen LogP contribution in [0.4, 0.5) is 4.79 Å². The summed E-state index contributed by atoms with van der Waals surface area (Å²) in [5.41, 5.74) is -0.0936. The van der Waals surface area contributed by atoms with Gasteiger partial charge in [-0.1, -0.05) is 62.3 Å². The number of hydrogen-bond donors (Lipinski definition) is 5. The lowest BCUT2D eigenvalue weighted by molar-refractivity contribution is -0.199. The zero-order chi connectivity index (χ0) is 36.2. The minimum absolute atomic E-state index is 0.0105. The van der Waals surface area contributed by atoms with E-state index in [1.54, 1.807) is 0 Å². The molecule has 3 aliphatic carbocycles. The zero-order valence-corrected chi connectivity index (χ0v) is 33.6. The summed E-state index contributed by atoms with van der Waals surface area (Å²) in [4.78, 5) is 25.2. The van der Waals surface area contributed by atoms with Gasteiger partial charge in [0.15, 0.2) is 8.32 Å². The highest BCUT2D eigenvalue weighted by Crippen LogP contribution is 2.65. The molecule has 1 saturated heterocycles. The standard InChI is InChI=1S/C36H71BN4O6Si/c1-23(2)18-31(37-45-30-20-26-19-29(35(26,9)10)36(30,11)47-37)41-32(42)27(16-14-15-17-38-33(43)44)40-22-28(39-21-24(3)4)25(5)46-48(12,13)34(6,7)8/h23-31,38-40H,14-22H2,1-13H3,(H,41,42)(H,43,44)/t25-,26+,27+,28+,29+,30-,31+,36+/m1/s1. The van der Waals surface area contributed by atoms with Crippen molar-refractivity contribution in [3.8, 4) is 0 Å². The third kappa shape index (κ3) is 10.2. The summed E-state index contributed by atoms with van der Waals surface area (Å²) in [6.45, 7) is 30.9. The van der Waals surface area contributed by atoms with E-state index in [9.17, 15) is 9.59 Å². The molecule has 1 aliphatic heterocycles. The van der Waals surface area contributed by atoms with Gasteiger partial charge in [-0.2, -0.15) is 0 Å². The maximum Gasteiger partial charge on any atom is 0.481 e. The fourth-order valence-electron chi connectivity index (χ4n) is 7.88. The Morgan fingerprint density at radius 2 is 1.67 bits per heavy atom. The fourth-order valence-corrected chi connectivity index (χ4v) is 9.33. The van der Waals surface area contributed by atoms with Crippen LogP contribution in [0.25, 0.3) is 0 Å². The first kappa shape index (κ1) is 41.2. The number of carbonyl (C=O) groups excluding carboxylic acids is 1. The van der Waals surface area contributed by atoms with E-state index in [1.165, 1.54) is 6.42 Å². The molecule has 4 fully saturated rings. The molecule has 0 aromatic carbocycles. The van der Waals surface area contributed by atoms with Gasteiger partial charge < -0.3 is 40.1 Å². The van der Waals surface area contributed by atoms with Crippen LogP contribution in [0.2, 0.25) is 18.1 Å². The van der Waals surface area contributed by atoms with Crippen LogP contribution in [-0.2, 0) is 18.5 Å². The molecule has 12 heteroatoms. The van der Waals surface area contributed by atoms with Crippen LogP contribution in [0, 0.1) is 29.1 Å². The molecule has 0 unspecified atom stereocenters. The molecule has 0 spiro atoms. The molecule has 4 aliphatic rings. The summed E-state index contributed by atoms with van der Waals surface area (Å²) in [5.74, 6) is 1.59. The van der Waals surface area contributed by atoms with E-state index in [0.29, 0.717) is 56.0 Å². The van der Waals surface area contributed by atoms with Crippen molar-refractivity contribution < 1.29 is 28.4 Å². The molecule has 2 amide bonds. The molecule has 2 bridgehead atoms. The third-order valence-corrected chi connectivity index (χ3v) is 16.7. The lowest BCUT2D eigenvalue weighted by Gasteiger charge is -2.64. The summed E-state index contributed by atoms with van der Waals surface area (Å²) in [5, 5.41) is 22.3. The van der Waals surface area contributed by atoms with Crippen molar-refractivity contribution in [2.75, 3.05) is 19.6 Å². The first-order valence-electron chi connectivity index (χ1n) is 18.8. The summed E-state index contributed by atoms with van der Waals surface area (Å²) in [6.07, 6.45) is 3.86. The molecule has 8 atom stereocenters. The molecule has 0 radical (unpaired) electrons. The van der Waals surface area contributed by atoms with Crippen molar-refractivity contribution in [1.82, 2.24) is 21.3 Å². The van der Waals surface area contributed by atoms with Gasteiger partial charge in [-0.3, -0.25) is 4.79 Å². The molecular formula is C36H71BN4O6Si. The van der Waals surface area contributed by atoms with Crippen molar-refractivity contribution in [3.63, 3.8) is 0 Å². The summed E-state index contributed by atoms with van der Waals surface area (Å²) in [6, 6.07) is -0.449. The Kier molecular flexibility index (Phi) is 14.1. The van der Waals surface area contributed by atoms with Crippen molar-refractivity contribution in [2.24, 2.45) is 29.1 Å². The predicted molar refractivity (Wildman–Crippen MR) is 198 cm³/mol. The number of unbranched alkanes of at least 4 members (excludes halogenated alkanes) is 1. The van der Waals surface area contributed by atoms with E-state index in [0.717, 1.165) is 19.4 Å². The third-order valence-electron chi connectivity index (χ3n) is 12.1. The average molecular weight is 695 g/mol. The highest BCUT2D eigenvalue weighted by atomic mass is 28.4. The highest BCUT2D eigenvalue weighted by Gasteiger charge is 2.68. The SMILES string of the molecule is CC(C)CN[C@@H](CN[C@@H](CCCCNC(=O)O)C(=O)N[C@@H](CC(C)C)B1O[C@@H]2C[C@@H]3C[C@@H](C3(C)C)[C@]2(C)O1)[C@@H](C)O[Si](C)(C)C(C)(C)C. The van der Waals surface area contributed by atoms with Gasteiger partial charge in [0.2, 0.25) is 5.91 Å². The van der Waals surface area contributed by atoms with Crippen molar-refractivity contribution in [2.45, 2.75) is 169 Å². The second kappa shape index (κ2) is 16.4. The second-order valence-electron chi connectivity index (χ2n) is 18.3. The van der Waals surface area contributed by atoms with Crippen LogP contribution < -0.4 is 21.3 Å². The minimum atomic E-state index is -2.02. The van der Waals surface area contributed by atoms with Crippen molar-refractivity contribution in [1.29, 1.82) is 0 Å². The first-order valence-corrected chi connectivity index (χ1v) is 21.7. The predicted octanol–water partition coefficient (Wildman–Crippen LogP) is 6.21. The first-order chi connectivity index (χ1) is 22.1. The molecule has 1 heterocycles. The van der Waals surface area contributed by atoms with Gasteiger partial charge in [-0.05, 0) is 106 Å². The molecular weight excluding hydrogens is 623 g/mol. The molecule has 278 valence electrons. The Bertz CT molecular complexity index is 1070. The van der Waals surface area contributed by atoms with E-state index >= 15 is 0 Å². The van der Waals surface area contributed by atoms with Crippen LogP contribution in [0.15, 0.2) is 0 Å². The largest absolute Gasteiger partial charge is 0.481 e. The Labute approximate surface area is 294 Å². The zero-order valence-electron chi connectivity index (χ0n) is 32.6. The molecule has 10 nitrogen and oxygen atoms in total. The van der Waals surface area contributed by atoms with E-state index in [1.807, 2.05) is 0 Å². The summed E-state index contributed by atoms with van der Waals surface area (Å²) >= 11 is 0. The van der Waals surface area contributed by atoms with Crippen LogP contribution in [0.5, 0.6) is 0 Å².